The van der Waals surface area contributed by atoms with Crippen LogP contribution < -0.4 is 19.1 Å². The number of ketones is 1. The Bertz CT molecular complexity index is 1610. The molecule has 38 heavy (non-hydrogen) atoms. The predicted octanol–water partition coefficient (Wildman–Crippen LogP) is 5.23. The number of fused-ring (bicyclic) bond motifs is 2. The minimum atomic E-state index is -1.03. The second-order valence-corrected chi connectivity index (χ2v) is 9.65. The van der Waals surface area contributed by atoms with Gasteiger partial charge in [0.15, 0.2) is 16.6 Å². The van der Waals surface area contributed by atoms with E-state index in [1.165, 1.54) is 40.5 Å². The van der Waals surface area contributed by atoms with Gasteiger partial charge in [0.1, 0.15) is 30.5 Å². The van der Waals surface area contributed by atoms with Crippen LogP contribution in [-0.4, -0.2) is 41.6 Å². The van der Waals surface area contributed by atoms with Crippen LogP contribution in [0.3, 0.4) is 0 Å². The summed E-state index contributed by atoms with van der Waals surface area (Å²) in [5.74, 6) is -0.972. The van der Waals surface area contributed by atoms with Gasteiger partial charge in [0, 0.05) is 5.56 Å². The lowest BCUT2D eigenvalue weighted by atomic mass is 9.95. The molecular weight excluding hydrogens is 511 g/mol. The van der Waals surface area contributed by atoms with E-state index in [0.717, 1.165) is 4.70 Å². The molecule has 1 amide bonds. The molecule has 1 aromatic heterocycles. The topological polar surface area (TPSA) is 98.2 Å². The summed E-state index contributed by atoms with van der Waals surface area (Å²) < 4.78 is 31.3. The van der Waals surface area contributed by atoms with Crippen molar-refractivity contribution in [2.75, 3.05) is 24.7 Å². The zero-order valence-electron chi connectivity index (χ0n) is 20.1. The first-order valence-corrected chi connectivity index (χ1v) is 12.8. The molecule has 192 valence electrons. The van der Waals surface area contributed by atoms with Crippen molar-refractivity contribution < 1.29 is 33.3 Å². The van der Waals surface area contributed by atoms with Crippen molar-refractivity contribution in [3.8, 4) is 17.2 Å². The molecule has 0 saturated carbocycles. The van der Waals surface area contributed by atoms with Crippen LogP contribution in [0.5, 0.6) is 17.2 Å². The van der Waals surface area contributed by atoms with Crippen molar-refractivity contribution in [1.82, 2.24) is 4.98 Å². The molecule has 2 aliphatic rings. The maximum absolute atomic E-state index is 13.8. The second kappa shape index (κ2) is 9.46. The van der Waals surface area contributed by atoms with Crippen molar-refractivity contribution in [2.45, 2.75) is 13.0 Å². The van der Waals surface area contributed by atoms with Gasteiger partial charge in [-0.3, -0.25) is 14.5 Å². The number of ether oxygens (including phenoxy) is 3. The molecule has 0 spiro atoms. The van der Waals surface area contributed by atoms with E-state index in [1.54, 1.807) is 30.3 Å². The van der Waals surface area contributed by atoms with Gasteiger partial charge in [-0.1, -0.05) is 23.5 Å². The van der Waals surface area contributed by atoms with Gasteiger partial charge in [0.25, 0.3) is 5.78 Å². The number of hydrogen-bond acceptors (Lipinski definition) is 8. The largest absolute Gasteiger partial charge is 0.507 e. The number of thiazole rings is 1. The molecule has 1 unspecified atom stereocenters. The van der Waals surface area contributed by atoms with Crippen molar-refractivity contribution in [1.29, 1.82) is 0 Å². The minimum Gasteiger partial charge on any atom is -0.507 e. The molecule has 0 aliphatic carbocycles. The van der Waals surface area contributed by atoms with Crippen LogP contribution in [0.25, 0.3) is 16.0 Å². The highest BCUT2D eigenvalue weighted by Gasteiger charge is 2.48. The van der Waals surface area contributed by atoms with E-state index in [0.29, 0.717) is 48.1 Å². The van der Waals surface area contributed by atoms with Gasteiger partial charge in [-0.25, -0.2) is 9.37 Å². The Morgan fingerprint density at radius 1 is 1.08 bits per heavy atom. The number of halogens is 1. The lowest BCUT2D eigenvalue weighted by Crippen LogP contribution is -2.29. The average molecular weight is 533 g/mol. The highest BCUT2D eigenvalue weighted by Crippen LogP contribution is 2.45. The zero-order valence-corrected chi connectivity index (χ0v) is 21.0. The summed E-state index contributed by atoms with van der Waals surface area (Å²) in [6.07, 6.45) is 0. The fraction of sp³-hybridized carbons (Fsp3) is 0.179. The number of Topliss-reactive ketones (excluding diaryl/α,β-unsaturated/α-hetero) is 1. The molecule has 4 aromatic rings. The Morgan fingerprint density at radius 2 is 1.84 bits per heavy atom. The molecule has 1 N–H and O–H groups in total. The summed E-state index contributed by atoms with van der Waals surface area (Å²) in [5, 5.41) is 11.6. The first kappa shape index (κ1) is 23.9. The number of amides is 1. The molecule has 6 rings (SSSR count). The van der Waals surface area contributed by atoms with Crippen LogP contribution >= 0.6 is 11.3 Å². The van der Waals surface area contributed by atoms with E-state index < -0.39 is 23.5 Å². The Kier molecular flexibility index (Phi) is 5.96. The van der Waals surface area contributed by atoms with E-state index in [9.17, 15) is 19.1 Å². The Balaban J connectivity index is 1.51. The number of carbonyl (C=O) groups excluding carboxylic acids is 2. The average Bonchev–Trinajstić information content (AvgIpc) is 3.46. The fourth-order valence-electron chi connectivity index (χ4n) is 4.59. The first-order valence-electron chi connectivity index (χ1n) is 11.9. The SMILES string of the molecule is CCOc1ccc2nc(N3C(=O)C(=O)/C(=C(\O)c4ccc5c(c4)OCCO5)C3c3ccc(F)cc3)sc2c1. The highest BCUT2D eigenvalue weighted by atomic mass is 32.1. The van der Waals surface area contributed by atoms with Crippen molar-refractivity contribution in [3.05, 3.63) is 83.2 Å². The molecule has 3 heterocycles. The summed E-state index contributed by atoms with van der Waals surface area (Å²) in [7, 11) is 0. The van der Waals surface area contributed by atoms with Gasteiger partial charge >= 0.3 is 5.91 Å². The third-order valence-corrected chi connectivity index (χ3v) is 7.33. The van der Waals surface area contributed by atoms with Crippen LogP contribution in [0.2, 0.25) is 0 Å². The van der Waals surface area contributed by atoms with Gasteiger partial charge in [-0.2, -0.15) is 0 Å². The van der Waals surface area contributed by atoms with Crippen molar-refractivity contribution >= 4 is 44.1 Å². The zero-order chi connectivity index (χ0) is 26.4. The van der Waals surface area contributed by atoms with Gasteiger partial charge in [-0.15, -0.1) is 0 Å². The van der Waals surface area contributed by atoms with Crippen molar-refractivity contribution in [2.24, 2.45) is 0 Å². The number of rotatable bonds is 5. The third-order valence-electron chi connectivity index (χ3n) is 6.31. The molecule has 10 heteroatoms. The van der Waals surface area contributed by atoms with Crippen LogP contribution in [0.4, 0.5) is 9.52 Å². The quantitative estimate of drug-likeness (QED) is 0.213. The molecular formula is C28H21FN2O6S. The van der Waals surface area contributed by atoms with Crippen LogP contribution in [0.1, 0.15) is 24.1 Å². The number of nitrogens with zero attached hydrogens (tertiary/aromatic N) is 2. The number of aliphatic hydroxyl groups excluding tert-OH is 1. The summed E-state index contributed by atoms with van der Waals surface area (Å²) in [6, 6.07) is 14.6. The smallest absolute Gasteiger partial charge is 0.301 e. The summed E-state index contributed by atoms with van der Waals surface area (Å²) >= 11 is 1.22. The van der Waals surface area contributed by atoms with E-state index in [1.807, 2.05) is 13.0 Å². The standard InChI is InChI=1S/C28H21FN2O6S/c1-2-35-18-8-9-19-22(14-18)38-28(30-19)31-24(15-3-6-17(29)7-4-15)23(26(33)27(31)34)25(32)16-5-10-20-21(13-16)37-12-11-36-20/h3-10,13-14,24,32H,2,11-12H2,1H3/b25-23-. The lowest BCUT2D eigenvalue weighted by Gasteiger charge is -2.23. The van der Waals surface area contributed by atoms with Crippen molar-refractivity contribution in [3.63, 3.8) is 0 Å². The fourth-order valence-corrected chi connectivity index (χ4v) is 5.61. The van der Waals surface area contributed by atoms with Crippen LogP contribution in [-0.2, 0) is 9.59 Å². The Morgan fingerprint density at radius 3 is 2.61 bits per heavy atom. The predicted molar refractivity (Wildman–Crippen MR) is 139 cm³/mol. The maximum atomic E-state index is 13.8. The molecule has 0 radical (unpaired) electrons. The number of benzene rings is 3. The number of carbonyl (C=O) groups is 2. The number of aromatic nitrogens is 1. The summed E-state index contributed by atoms with van der Waals surface area (Å²) in [4.78, 5) is 32.7. The van der Waals surface area contributed by atoms with E-state index in [2.05, 4.69) is 4.98 Å². The Hall–Kier alpha value is -4.44. The summed E-state index contributed by atoms with van der Waals surface area (Å²) in [6.45, 7) is 3.13. The molecule has 1 fully saturated rings. The Labute approximate surface area is 220 Å². The van der Waals surface area contributed by atoms with Gasteiger partial charge in [-0.05, 0) is 61.0 Å². The van der Waals surface area contributed by atoms with E-state index in [4.69, 9.17) is 14.2 Å². The van der Waals surface area contributed by atoms with E-state index >= 15 is 0 Å². The first-order chi connectivity index (χ1) is 18.4. The van der Waals surface area contributed by atoms with Crippen LogP contribution in [0, 0.1) is 5.82 Å². The molecule has 2 aliphatic heterocycles. The lowest BCUT2D eigenvalue weighted by molar-refractivity contribution is -0.132. The molecule has 8 nitrogen and oxygen atoms in total. The highest BCUT2D eigenvalue weighted by molar-refractivity contribution is 7.22. The second-order valence-electron chi connectivity index (χ2n) is 8.64. The van der Waals surface area contributed by atoms with E-state index in [-0.39, 0.29) is 22.0 Å². The third kappa shape index (κ3) is 4.03. The van der Waals surface area contributed by atoms with Gasteiger partial charge < -0.3 is 19.3 Å². The number of aliphatic hydroxyl groups is 1. The molecule has 1 atom stereocenters. The summed E-state index contributed by atoms with van der Waals surface area (Å²) in [5.41, 5.74) is 1.22. The molecule has 1 saturated heterocycles. The van der Waals surface area contributed by atoms with Crippen LogP contribution in [0.15, 0.2) is 66.2 Å². The number of hydrogen-bond donors (Lipinski definition) is 1. The molecule has 3 aromatic carbocycles. The normalized spacial score (nSPS) is 18.3. The molecule has 0 bridgehead atoms. The minimum absolute atomic E-state index is 0.132. The monoisotopic (exact) mass is 532 g/mol. The maximum Gasteiger partial charge on any atom is 0.301 e. The van der Waals surface area contributed by atoms with Gasteiger partial charge in [0.2, 0.25) is 0 Å². The van der Waals surface area contributed by atoms with Gasteiger partial charge in [0.05, 0.1) is 28.4 Å². The number of anilines is 1.